The second kappa shape index (κ2) is 4.65. The number of anilines is 1. The molecule has 1 atom stereocenters. The molecule has 0 saturated carbocycles. The minimum absolute atomic E-state index is 0.0640. The van der Waals surface area contributed by atoms with E-state index in [0.717, 1.165) is 12.0 Å². The predicted molar refractivity (Wildman–Crippen MR) is 71.5 cm³/mol. The van der Waals surface area contributed by atoms with Gasteiger partial charge < -0.3 is 10.1 Å². The van der Waals surface area contributed by atoms with Crippen molar-refractivity contribution < 1.29 is 9.13 Å². The van der Waals surface area contributed by atoms with Crippen LogP contribution in [-0.4, -0.2) is 31.9 Å². The van der Waals surface area contributed by atoms with E-state index < -0.39 is 0 Å². The monoisotopic (exact) mass is 286 g/mol. The Kier molecular flexibility index (Phi) is 2.66. The zero-order valence-electron chi connectivity index (χ0n) is 10.9. The first kappa shape index (κ1) is 12.0. The summed E-state index contributed by atoms with van der Waals surface area (Å²) in [7, 11) is 0. The molecule has 1 N–H and O–H groups in total. The standard InChI is InChI=1S/C13H11FN6O/c14-8-1-2-11-9(7-8)10(5-6-21-11)15-12-3-4-13-16-18-19-20(13)17-12/h1-4,7,10H,5-6H2,(H,15,17). The Morgan fingerprint density at radius 1 is 1.29 bits per heavy atom. The van der Waals surface area contributed by atoms with E-state index in [2.05, 4.69) is 25.9 Å². The van der Waals surface area contributed by atoms with Crippen molar-refractivity contribution in [2.75, 3.05) is 11.9 Å². The van der Waals surface area contributed by atoms with E-state index in [-0.39, 0.29) is 11.9 Å². The highest BCUT2D eigenvalue weighted by atomic mass is 19.1. The highest BCUT2D eigenvalue weighted by Gasteiger charge is 2.22. The molecule has 0 amide bonds. The zero-order chi connectivity index (χ0) is 14.2. The summed E-state index contributed by atoms with van der Waals surface area (Å²) in [6.45, 7) is 0.573. The van der Waals surface area contributed by atoms with E-state index in [4.69, 9.17) is 4.74 Å². The molecule has 0 radical (unpaired) electrons. The summed E-state index contributed by atoms with van der Waals surface area (Å²) in [6, 6.07) is 8.03. The minimum Gasteiger partial charge on any atom is -0.493 e. The van der Waals surface area contributed by atoms with Crippen LogP contribution in [0.5, 0.6) is 5.75 Å². The molecule has 3 aromatic rings. The van der Waals surface area contributed by atoms with Crippen LogP contribution in [0.1, 0.15) is 18.0 Å². The Morgan fingerprint density at radius 3 is 3.19 bits per heavy atom. The van der Waals surface area contributed by atoms with E-state index in [1.54, 1.807) is 18.2 Å². The SMILES string of the molecule is Fc1ccc2c(c1)C(Nc1ccc3nnnn3n1)CCO2. The topological polar surface area (TPSA) is 77.2 Å². The summed E-state index contributed by atoms with van der Waals surface area (Å²) in [5.41, 5.74) is 1.36. The third-order valence-electron chi connectivity index (χ3n) is 3.40. The van der Waals surface area contributed by atoms with Crippen LogP contribution in [0, 0.1) is 5.82 Å². The molecule has 1 aliphatic heterocycles. The second-order valence-electron chi connectivity index (χ2n) is 4.76. The lowest BCUT2D eigenvalue weighted by atomic mass is 10.0. The number of tetrazole rings is 1. The second-order valence-corrected chi connectivity index (χ2v) is 4.76. The number of fused-ring (bicyclic) bond motifs is 2. The molecule has 106 valence electrons. The molecule has 3 heterocycles. The lowest BCUT2D eigenvalue weighted by molar-refractivity contribution is 0.273. The van der Waals surface area contributed by atoms with Crippen molar-refractivity contribution in [3.05, 3.63) is 41.7 Å². The summed E-state index contributed by atoms with van der Waals surface area (Å²) < 4.78 is 20.3. The van der Waals surface area contributed by atoms with Crippen LogP contribution in [0.2, 0.25) is 0 Å². The smallest absolute Gasteiger partial charge is 0.200 e. The average Bonchev–Trinajstić information content (AvgIpc) is 2.95. The minimum atomic E-state index is -0.282. The van der Waals surface area contributed by atoms with Crippen LogP contribution < -0.4 is 10.1 Å². The third kappa shape index (κ3) is 2.14. The summed E-state index contributed by atoms with van der Waals surface area (Å²) in [6.07, 6.45) is 0.728. The Bertz CT molecular complexity index is 804. The van der Waals surface area contributed by atoms with E-state index in [9.17, 15) is 4.39 Å². The summed E-state index contributed by atoms with van der Waals surface area (Å²) in [5, 5.41) is 18.6. The first-order valence-corrected chi connectivity index (χ1v) is 6.54. The summed E-state index contributed by atoms with van der Waals surface area (Å²) in [5.74, 6) is 1.04. The van der Waals surface area contributed by atoms with Crippen molar-refractivity contribution in [2.24, 2.45) is 0 Å². The summed E-state index contributed by atoms with van der Waals surface area (Å²) in [4.78, 5) is 0. The highest BCUT2D eigenvalue weighted by molar-refractivity contribution is 5.47. The van der Waals surface area contributed by atoms with Gasteiger partial charge in [-0.15, -0.1) is 14.8 Å². The number of ether oxygens (including phenoxy) is 1. The van der Waals surface area contributed by atoms with Crippen LogP contribution in [0.4, 0.5) is 10.2 Å². The molecule has 1 aromatic carbocycles. The fourth-order valence-electron chi connectivity index (χ4n) is 2.42. The lowest BCUT2D eigenvalue weighted by Crippen LogP contribution is -2.21. The van der Waals surface area contributed by atoms with Gasteiger partial charge in [0.15, 0.2) is 5.65 Å². The third-order valence-corrected chi connectivity index (χ3v) is 3.40. The highest BCUT2D eigenvalue weighted by Crippen LogP contribution is 2.34. The van der Waals surface area contributed by atoms with Crippen molar-refractivity contribution in [2.45, 2.75) is 12.5 Å². The zero-order valence-corrected chi connectivity index (χ0v) is 10.9. The number of halogens is 1. The Morgan fingerprint density at radius 2 is 2.24 bits per heavy atom. The Labute approximate surface area is 118 Å². The number of hydrogen-bond acceptors (Lipinski definition) is 6. The molecule has 0 bridgehead atoms. The van der Waals surface area contributed by atoms with E-state index in [1.165, 1.54) is 16.8 Å². The van der Waals surface area contributed by atoms with Crippen LogP contribution in [-0.2, 0) is 0 Å². The lowest BCUT2D eigenvalue weighted by Gasteiger charge is -2.26. The van der Waals surface area contributed by atoms with Gasteiger partial charge in [-0.05, 0) is 40.8 Å². The number of hydrogen-bond donors (Lipinski definition) is 1. The van der Waals surface area contributed by atoms with Gasteiger partial charge in [0.1, 0.15) is 17.4 Å². The first-order chi connectivity index (χ1) is 10.3. The normalized spacial score (nSPS) is 17.3. The van der Waals surface area contributed by atoms with Crippen LogP contribution in [0.25, 0.3) is 5.65 Å². The number of nitrogens with zero attached hydrogens (tertiary/aromatic N) is 5. The van der Waals surface area contributed by atoms with Gasteiger partial charge in [-0.3, -0.25) is 0 Å². The number of benzene rings is 1. The van der Waals surface area contributed by atoms with Gasteiger partial charge in [-0.2, -0.15) is 0 Å². The number of nitrogens with one attached hydrogen (secondary N) is 1. The molecule has 1 unspecified atom stereocenters. The molecule has 21 heavy (non-hydrogen) atoms. The van der Waals surface area contributed by atoms with Gasteiger partial charge in [-0.1, -0.05) is 0 Å². The predicted octanol–water partition coefficient (Wildman–Crippen LogP) is 1.59. The number of rotatable bonds is 2. The molecule has 4 rings (SSSR count). The molecular formula is C13H11FN6O. The molecule has 0 aliphatic carbocycles. The van der Waals surface area contributed by atoms with Crippen LogP contribution in [0.3, 0.4) is 0 Å². The van der Waals surface area contributed by atoms with Gasteiger partial charge in [0.25, 0.3) is 0 Å². The van der Waals surface area contributed by atoms with Gasteiger partial charge >= 0.3 is 0 Å². The van der Waals surface area contributed by atoms with E-state index in [1.807, 2.05) is 0 Å². The Hall–Kier alpha value is -2.77. The maximum Gasteiger partial charge on any atom is 0.200 e. The first-order valence-electron chi connectivity index (χ1n) is 6.54. The van der Waals surface area contributed by atoms with Gasteiger partial charge in [0.05, 0.1) is 12.6 Å². The van der Waals surface area contributed by atoms with Crippen LogP contribution in [0.15, 0.2) is 30.3 Å². The van der Waals surface area contributed by atoms with Crippen molar-refractivity contribution in [1.29, 1.82) is 0 Å². The largest absolute Gasteiger partial charge is 0.493 e. The fourth-order valence-corrected chi connectivity index (χ4v) is 2.42. The van der Waals surface area contributed by atoms with Gasteiger partial charge in [0, 0.05) is 12.0 Å². The van der Waals surface area contributed by atoms with Gasteiger partial charge in [0.2, 0.25) is 0 Å². The average molecular weight is 286 g/mol. The molecule has 0 spiro atoms. The van der Waals surface area contributed by atoms with Crippen molar-refractivity contribution in [1.82, 2.24) is 25.3 Å². The molecule has 8 heteroatoms. The van der Waals surface area contributed by atoms with E-state index >= 15 is 0 Å². The van der Waals surface area contributed by atoms with Crippen molar-refractivity contribution in [3.63, 3.8) is 0 Å². The van der Waals surface area contributed by atoms with Crippen molar-refractivity contribution >= 4 is 11.5 Å². The molecule has 0 fully saturated rings. The molecule has 7 nitrogen and oxygen atoms in total. The summed E-state index contributed by atoms with van der Waals surface area (Å²) >= 11 is 0. The number of aromatic nitrogens is 5. The maximum atomic E-state index is 13.4. The molecule has 1 aliphatic rings. The van der Waals surface area contributed by atoms with Crippen molar-refractivity contribution in [3.8, 4) is 5.75 Å². The quantitative estimate of drug-likeness (QED) is 0.771. The van der Waals surface area contributed by atoms with Crippen LogP contribution >= 0.6 is 0 Å². The fraction of sp³-hybridized carbons (Fsp3) is 0.231. The Balaban J connectivity index is 1.67. The van der Waals surface area contributed by atoms with Gasteiger partial charge in [-0.25, -0.2) is 4.39 Å². The maximum absolute atomic E-state index is 13.4. The van der Waals surface area contributed by atoms with E-state index in [0.29, 0.717) is 23.8 Å². The molecule has 2 aromatic heterocycles. The molecule has 0 saturated heterocycles. The molecular weight excluding hydrogens is 275 g/mol.